The Labute approximate surface area is 138 Å². The zero-order valence-electron chi connectivity index (χ0n) is 13.0. The van der Waals surface area contributed by atoms with Gasteiger partial charge >= 0.3 is 12.1 Å². The minimum atomic E-state index is -1.77. The normalized spacial score (nSPS) is 22.5. The predicted octanol–water partition coefficient (Wildman–Crippen LogP) is 3.32. The van der Waals surface area contributed by atoms with Gasteiger partial charge in [-0.15, -0.1) is 0 Å². The molecule has 3 rings (SSSR count). The number of hydrogen-bond donors (Lipinski definition) is 1. The molecule has 124 valence electrons. The summed E-state index contributed by atoms with van der Waals surface area (Å²) in [7, 11) is 0. The molecule has 6 nitrogen and oxygen atoms in total. The van der Waals surface area contributed by atoms with Gasteiger partial charge in [-0.3, -0.25) is 0 Å². The van der Waals surface area contributed by atoms with Crippen LogP contribution in [0.2, 0.25) is 0 Å². The number of hydrogen-bond acceptors (Lipinski definition) is 5. The molecule has 0 unspecified atom stereocenters. The fourth-order valence-electron chi connectivity index (χ4n) is 2.51. The second-order valence-electron chi connectivity index (χ2n) is 5.61. The van der Waals surface area contributed by atoms with Crippen LogP contribution >= 0.6 is 0 Å². The average Bonchev–Trinajstić information content (AvgIpc) is 2.90. The summed E-state index contributed by atoms with van der Waals surface area (Å²) in [6.45, 7) is 1.68. The predicted molar refractivity (Wildman–Crippen MR) is 83.6 cm³/mol. The van der Waals surface area contributed by atoms with Crippen molar-refractivity contribution in [2.75, 3.05) is 0 Å². The molecule has 2 atom stereocenters. The van der Waals surface area contributed by atoms with Crippen molar-refractivity contribution in [1.82, 2.24) is 0 Å². The molecule has 1 heterocycles. The molecule has 1 saturated heterocycles. The maximum atomic E-state index is 11.5. The van der Waals surface area contributed by atoms with E-state index in [-0.39, 0.29) is 0 Å². The summed E-state index contributed by atoms with van der Waals surface area (Å²) < 4.78 is 15.6. The Bertz CT molecular complexity index is 757. The van der Waals surface area contributed by atoms with Gasteiger partial charge in [0, 0.05) is 5.56 Å². The first-order valence-electron chi connectivity index (χ1n) is 7.39. The molecule has 0 aliphatic carbocycles. The highest BCUT2D eigenvalue weighted by Crippen LogP contribution is 2.40. The highest BCUT2D eigenvalue weighted by atomic mass is 16.8. The molecule has 0 saturated carbocycles. The first-order chi connectivity index (χ1) is 11.5. The Morgan fingerprint density at radius 2 is 1.96 bits per heavy atom. The molecule has 0 amide bonds. The smallest absolute Gasteiger partial charge is 0.489 e. The number of ether oxygens (including phenoxy) is 3. The van der Waals surface area contributed by atoms with Crippen molar-refractivity contribution < 1.29 is 28.9 Å². The van der Waals surface area contributed by atoms with E-state index in [1.165, 1.54) is 6.92 Å². The Morgan fingerprint density at radius 3 is 2.67 bits per heavy atom. The molecule has 24 heavy (non-hydrogen) atoms. The van der Waals surface area contributed by atoms with E-state index >= 15 is 0 Å². The van der Waals surface area contributed by atoms with E-state index in [1.807, 2.05) is 30.3 Å². The summed E-state index contributed by atoms with van der Waals surface area (Å²) in [6.07, 6.45) is -2.04. The van der Waals surface area contributed by atoms with Crippen LogP contribution in [0.15, 0.2) is 54.6 Å². The van der Waals surface area contributed by atoms with Crippen molar-refractivity contribution in [1.29, 1.82) is 0 Å². The van der Waals surface area contributed by atoms with Gasteiger partial charge in [0.2, 0.25) is 5.60 Å². The van der Waals surface area contributed by atoms with Crippen LogP contribution in [-0.4, -0.2) is 22.8 Å². The number of carboxylic acid groups (broad SMARTS) is 1. The van der Waals surface area contributed by atoms with Gasteiger partial charge in [0.15, 0.2) is 6.10 Å². The molecular formula is C18H16O6. The molecule has 1 aliphatic heterocycles. The number of rotatable bonds is 5. The van der Waals surface area contributed by atoms with Gasteiger partial charge in [-0.2, -0.15) is 0 Å². The number of benzene rings is 2. The number of cyclic esters (lactones) is 2. The van der Waals surface area contributed by atoms with Gasteiger partial charge < -0.3 is 19.3 Å². The lowest BCUT2D eigenvalue weighted by Crippen LogP contribution is -2.39. The fourth-order valence-corrected chi connectivity index (χ4v) is 2.51. The minimum absolute atomic E-state index is 0.376. The fraction of sp³-hybridized carbons (Fsp3) is 0.222. The molecule has 1 aliphatic rings. The van der Waals surface area contributed by atoms with Gasteiger partial charge in [0.25, 0.3) is 0 Å². The summed E-state index contributed by atoms with van der Waals surface area (Å²) in [5.74, 6) is -0.721. The first kappa shape index (κ1) is 15.9. The molecule has 1 N–H and O–H groups in total. The van der Waals surface area contributed by atoms with Crippen molar-refractivity contribution in [3.05, 3.63) is 65.7 Å². The summed E-state index contributed by atoms with van der Waals surface area (Å²) >= 11 is 0. The lowest BCUT2D eigenvalue weighted by Gasteiger charge is -2.22. The molecule has 1 fully saturated rings. The van der Waals surface area contributed by atoms with Crippen molar-refractivity contribution in [3.8, 4) is 5.75 Å². The first-order valence-corrected chi connectivity index (χ1v) is 7.39. The van der Waals surface area contributed by atoms with E-state index in [4.69, 9.17) is 14.2 Å². The quantitative estimate of drug-likeness (QED) is 0.848. The Balaban J connectivity index is 1.80. The van der Waals surface area contributed by atoms with Gasteiger partial charge in [-0.25, -0.2) is 9.59 Å². The molecule has 0 spiro atoms. The number of carboxylic acids is 1. The van der Waals surface area contributed by atoms with Crippen molar-refractivity contribution in [2.45, 2.75) is 25.2 Å². The maximum Gasteiger partial charge on any atom is 0.510 e. The highest BCUT2D eigenvalue weighted by molar-refractivity contribution is 5.83. The average molecular weight is 328 g/mol. The molecule has 0 bridgehead atoms. The molecule has 2 aromatic rings. The number of carbonyl (C=O) groups is 2. The summed E-state index contributed by atoms with van der Waals surface area (Å²) in [4.78, 5) is 22.9. The lowest BCUT2D eigenvalue weighted by atomic mass is 9.93. The van der Waals surface area contributed by atoms with E-state index in [9.17, 15) is 14.7 Å². The Hall–Kier alpha value is -3.02. The Kier molecular flexibility index (Phi) is 4.12. The summed E-state index contributed by atoms with van der Waals surface area (Å²) in [6, 6.07) is 16.4. The Morgan fingerprint density at radius 1 is 1.21 bits per heavy atom. The van der Waals surface area contributed by atoms with E-state index in [1.54, 1.807) is 24.3 Å². The lowest BCUT2D eigenvalue weighted by molar-refractivity contribution is -0.156. The number of carbonyl (C=O) groups excluding carboxylic acids is 1. The van der Waals surface area contributed by atoms with Crippen LogP contribution in [0.25, 0.3) is 0 Å². The van der Waals surface area contributed by atoms with Gasteiger partial charge in [-0.05, 0) is 24.6 Å². The highest BCUT2D eigenvalue weighted by Gasteiger charge is 2.54. The molecule has 6 heteroatoms. The topological polar surface area (TPSA) is 82.1 Å². The zero-order valence-corrected chi connectivity index (χ0v) is 13.0. The van der Waals surface area contributed by atoms with Crippen LogP contribution < -0.4 is 4.74 Å². The van der Waals surface area contributed by atoms with Crippen LogP contribution in [0.1, 0.15) is 24.2 Å². The standard InChI is InChI=1S/C18H16O6/c1-18(16(19)20)15(23-17(21)24-18)13-8-5-9-14(10-13)22-11-12-6-3-2-4-7-12/h2-10,15H,11H2,1H3,(H,19,20)/t15-,18-/m1/s1. The second-order valence-corrected chi connectivity index (χ2v) is 5.61. The zero-order chi connectivity index (χ0) is 17.2. The van der Waals surface area contributed by atoms with Crippen LogP contribution in [0, 0.1) is 0 Å². The molecule has 2 aromatic carbocycles. The van der Waals surface area contributed by atoms with E-state index < -0.39 is 23.8 Å². The monoisotopic (exact) mass is 328 g/mol. The van der Waals surface area contributed by atoms with Gasteiger partial charge in [0.1, 0.15) is 12.4 Å². The van der Waals surface area contributed by atoms with Crippen LogP contribution in [0.3, 0.4) is 0 Å². The van der Waals surface area contributed by atoms with Gasteiger partial charge in [-0.1, -0.05) is 42.5 Å². The molecule has 0 aromatic heterocycles. The summed E-state index contributed by atoms with van der Waals surface area (Å²) in [5.41, 5.74) is -0.264. The third-order valence-corrected chi connectivity index (χ3v) is 3.84. The van der Waals surface area contributed by atoms with Crippen molar-refractivity contribution in [2.24, 2.45) is 0 Å². The SMILES string of the molecule is C[C@@]1(C(=O)O)OC(=O)O[C@@H]1c1cccc(OCc2ccccc2)c1. The summed E-state index contributed by atoms with van der Waals surface area (Å²) in [5, 5.41) is 9.35. The van der Waals surface area contributed by atoms with Crippen LogP contribution in [-0.2, 0) is 20.9 Å². The molecule has 0 radical (unpaired) electrons. The van der Waals surface area contributed by atoms with E-state index in [0.717, 1.165) is 5.56 Å². The van der Waals surface area contributed by atoms with Gasteiger partial charge in [0.05, 0.1) is 0 Å². The third-order valence-electron chi connectivity index (χ3n) is 3.84. The van der Waals surface area contributed by atoms with Crippen molar-refractivity contribution in [3.63, 3.8) is 0 Å². The van der Waals surface area contributed by atoms with Crippen LogP contribution in [0.5, 0.6) is 5.75 Å². The second kappa shape index (κ2) is 6.23. The van der Waals surface area contributed by atoms with Crippen molar-refractivity contribution >= 4 is 12.1 Å². The maximum absolute atomic E-state index is 11.5. The third kappa shape index (κ3) is 3.03. The molecular weight excluding hydrogens is 312 g/mol. The van der Waals surface area contributed by atoms with Crippen LogP contribution in [0.4, 0.5) is 4.79 Å². The van der Waals surface area contributed by atoms with E-state index in [0.29, 0.717) is 17.9 Å². The minimum Gasteiger partial charge on any atom is -0.489 e. The van der Waals surface area contributed by atoms with E-state index in [2.05, 4.69) is 0 Å². The number of aliphatic carboxylic acids is 1. The largest absolute Gasteiger partial charge is 0.510 e.